The standard InChI is InChI=1S/C13H15BrNO/c14-13-9-5-4-6-11(13)10-15-16-12-7-2-1-3-8-12/h4-6,9,12H,1-3,7-8H2. The molecule has 1 aliphatic carbocycles. The van der Waals surface area contributed by atoms with Crippen molar-refractivity contribution in [1.29, 1.82) is 0 Å². The Morgan fingerprint density at radius 3 is 2.69 bits per heavy atom. The molecule has 85 valence electrons. The number of rotatable bonds is 3. The van der Waals surface area contributed by atoms with Gasteiger partial charge in [-0.3, -0.25) is 0 Å². The highest BCUT2D eigenvalue weighted by Gasteiger charge is 2.13. The van der Waals surface area contributed by atoms with Crippen LogP contribution in [0.25, 0.3) is 0 Å². The lowest BCUT2D eigenvalue weighted by molar-refractivity contribution is 0.0340. The van der Waals surface area contributed by atoms with Gasteiger partial charge in [0.2, 0.25) is 0 Å². The highest BCUT2D eigenvalue weighted by atomic mass is 79.9. The number of nitrogens with zero attached hydrogens (tertiary/aromatic N) is 1. The second-order valence-electron chi connectivity index (χ2n) is 4.05. The van der Waals surface area contributed by atoms with E-state index in [-0.39, 0.29) is 0 Å². The van der Waals surface area contributed by atoms with Crippen LogP contribution in [-0.4, -0.2) is 12.3 Å². The van der Waals surface area contributed by atoms with Gasteiger partial charge in [0.05, 0.1) is 0 Å². The molecule has 0 spiro atoms. The van der Waals surface area contributed by atoms with Crippen molar-refractivity contribution >= 4 is 22.1 Å². The molecular formula is C13H15BrNO. The van der Waals surface area contributed by atoms with Crippen LogP contribution >= 0.6 is 15.9 Å². The van der Waals surface area contributed by atoms with E-state index in [1.165, 1.54) is 19.3 Å². The molecule has 0 amide bonds. The van der Waals surface area contributed by atoms with Crippen LogP contribution in [0.5, 0.6) is 0 Å². The number of halogens is 1. The predicted octanol–water partition coefficient (Wildman–Crippen LogP) is 4.01. The van der Waals surface area contributed by atoms with Gasteiger partial charge in [-0.15, -0.1) is 0 Å². The zero-order valence-corrected chi connectivity index (χ0v) is 10.7. The van der Waals surface area contributed by atoms with E-state index in [1.54, 1.807) is 0 Å². The van der Waals surface area contributed by atoms with Gasteiger partial charge in [0, 0.05) is 10.0 Å². The second kappa shape index (κ2) is 6.04. The molecule has 1 fully saturated rings. The van der Waals surface area contributed by atoms with Crippen LogP contribution in [-0.2, 0) is 4.84 Å². The zero-order chi connectivity index (χ0) is 11.2. The maximum atomic E-state index is 5.43. The zero-order valence-electron chi connectivity index (χ0n) is 9.16. The van der Waals surface area contributed by atoms with Crippen molar-refractivity contribution in [3.8, 4) is 0 Å². The summed E-state index contributed by atoms with van der Waals surface area (Å²) < 4.78 is 0.992. The molecule has 0 heterocycles. The quantitative estimate of drug-likeness (QED) is 0.606. The van der Waals surface area contributed by atoms with Gasteiger partial charge in [0.25, 0.3) is 0 Å². The monoisotopic (exact) mass is 280 g/mol. The third-order valence-corrected chi connectivity index (χ3v) is 3.49. The fourth-order valence-corrected chi connectivity index (χ4v) is 2.25. The summed E-state index contributed by atoms with van der Waals surface area (Å²) in [4.78, 5) is 5.43. The SMILES string of the molecule is Brc1ccccc1/[C]=N/OC1CCCCC1. The minimum absolute atomic E-state index is 0.295. The molecule has 0 N–H and O–H groups in total. The Labute approximate surface area is 105 Å². The Balaban J connectivity index is 1.87. The van der Waals surface area contributed by atoms with E-state index in [0.29, 0.717) is 6.10 Å². The minimum atomic E-state index is 0.295. The van der Waals surface area contributed by atoms with Crippen molar-refractivity contribution in [2.45, 2.75) is 38.2 Å². The summed E-state index contributed by atoms with van der Waals surface area (Å²) in [7, 11) is 0. The lowest BCUT2D eigenvalue weighted by atomic mass is 9.98. The van der Waals surface area contributed by atoms with Crippen molar-refractivity contribution in [3.63, 3.8) is 0 Å². The van der Waals surface area contributed by atoms with Crippen molar-refractivity contribution in [1.82, 2.24) is 0 Å². The summed E-state index contributed by atoms with van der Waals surface area (Å²) in [5, 5.41) is 3.95. The average molecular weight is 281 g/mol. The molecule has 1 aromatic rings. The van der Waals surface area contributed by atoms with Crippen LogP contribution in [0.15, 0.2) is 33.9 Å². The summed E-state index contributed by atoms with van der Waals surface area (Å²) in [6, 6.07) is 7.86. The Morgan fingerprint density at radius 2 is 1.94 bits per heavy atom. The molecule has 1 radical (unpaired) electrons. The molecule has 0 saturated heterocycles. The van der Waals surface area contributed by atoms with Gasteiger partial charge in [-0.1, -0.05) is 45.7 Å². The van der Waals surface area contributed by atoms with E-state index in [1.807, 2.05) is 24.3 Å². The first-order valence-corrected chi connectivity index (χ1v) is 6.52. The number of hydrogen-bond acceptors (Lipinski definition) is 2. The molecule has 1 aromatic carbocycles. The first-order valence-electron chi connectivity index (χ1n) is 5.72. The van der Waals surface area contributed by atoms with E-state index in [0.717, 1.165) is 22.9 Å². The highest BCUT2D eigenvalue weighted by molar-refractivity contribution is 9.10. The van der Waals surface area contributed by atoms with Crippen LogP contribution < -0.4 is 0 Å². The van der Waals surface area contributed by atoms with Crippen molar-refractivity contribution in [2.24, 2.45) is 5.16 Å². The molecule has 16 heavy (non-hydrogen) atoms. The van der Waals surface area contributed by atoms with Gasteiger partial charge < -0.3 is 4.84 Å². The molecule has 3 heteroatoms. The molecule has 0 atom stereocenters. The van der Waals surface area contributed by atoms with Gasteiger partial charge in [0.15, 0.2) is 0 Å². The summed E-state index contributed by atoms with van der Waals surface area (Å²) in [6.45, 7) is 0. The Morgan fingerprint density at radius 1 is 1.19 bits per heavy atom. The van der Waals surface area contributed by atoms with Crippen molar-refractivity contribution in [3.05, 3.63) is 34.3 Å². The fourth-order valence-electron chi connectivity index (χ4n) is 1.87. The number of benzene rings is 1. The van der Waals surface area contributed by atoms with Crippen LogP contribution in [0.4, 0.5) is 0 Å². The van der Waals surface area contributed by atoms with Crippen molar-refractivity contribution < 1.29 is 4.84 Å². The Hall–Kier alpha value is -0.830. The normalized spacial score (nSPS) is 17.8. The largest absolute Gasteiger partial charge is 0.392 e. The van der Waals surface area contributed by atoms with Gasteiger partial charge in [-0.25, -0.2) is 0 Å². The van der Waals surface area contributed by atoms with Gasteiger partial charge in [-0.2, -0.15) is 0 Å². The molecule has 1 saturated carbocycles. The first-order chi connectivity index (χ1) is 7.86. The van der Waals surface area contributed by atoms with E-state index in [2.05, 4.69) is 27.3 Å². The summed E-state index contributed by atoms with van der Waals surface area (Å²) in [5.41, 5.74) is 0.929. The molecule has 2 nitrogen and oxygen atoms in total. The van der Waals surface area contributed by atoms with Gasteiger partial charge >= 0.3 is 0 Å². The smallest absolute Gasteiger partial charge is 0.140 e. The highest BCUT2D eigenvalue weighted by Crippen LogP contribution is 2.20. The summed E-state index contributed by atoms with van der Waals surface area (Å²) >= 11 is 3.44. The lowest BCUT2D eigenvalue weighted by Gasteiger charge is -2.18. The molecule has 0 aliphatic heterocycles. The van der Waals surface area contributed by atoms with Crippen molar-refractivity contribution in [2.75, 3.05) is 0 Å². The predicted molar refractivity (Wildman–Crippen MR) is 68.6 cm³/mol. The van der Waals surface area contributed by atoms with Crippen LogP contribution in [0, 0.1) is 0 Å². The van der Waals surface area contributed by atoms with E-state index < -0.39 is 0 Å². The number of hydrogen-bond donors (Lipinski definition) is 0. The topological polar surface area (TPSA) is 21.6 Å². The Bertz CT molecular complexity index is 359. The molecule has 2 rings (SSSR count). The third-order valence-electron chi connectivity index (χ3n) is 2.79. The molecule has 1 aliphatic rings. The van der Waals surface area contributed by atoms with Gasteiger partial charge in [0.1, 0.15) is 12.3 Å². The first kappa shape index (κ1) is 11.6. The fraction of sp³-hybridized carbons (Fsp3) is 0.462. The van der Waals surface area contributed by atoms with E-state index in [4.69, 9.17) is 4.84 Å². The molecular weight excluding hydrogens is 266 g/mol. The summed E-state index contributed by atoms with van der Waals surface area (Å²) in [6.07, 6.45) is 9.31. The minimum Gasteiger partial charge on any atom is -0.392 e. The van der Waals surface area contributed by atoms with Gasteiger partial charge in [-0.05, 0) is 31.7 Å². The Kier molecular flexibility index (Phi) is 4.40. The van der Waals surface area contributed by atoms with Crippen LogP contribution in [0.3, 0.4) is 0 Å². The maximum Gasteiger partial charge on any atom is 0.140 e. The molecule has 0 bridgehead atoms. The lowest BCUT2D eigenvalue weighted by Crippen LogP contribution is -2.13. The van der Waals surface area contributed by atoms with E-state index >= 15 is 0 Å². The van der Waals surface area contributed by atoms with Crippen LogP contribution in [0.1, 0.15) is 37.7 Å². The average Bonchev–Trinajstić information content (AvgIpc) is 2.33. The maximum absolute atomic E-state index is 5.43. The third kappa shape index (κ3) is 3.34. The molecule has 0 unspecified atom stereocenters. The molecule has 0 aromatic heterocycles. The van der Waals surface area contributed by atoms with E-state index in [9.17, 15) is 0 Å². The second-order valence-corrected chi connectivity index (χ2v) is 4.90. The summed E-state index contributed by atoms with van der Waals surface area (Å²) in [5.74, 6) is 0. The van der Waals surface area contributed by atoms with Crippen LogP contribution in [0.2, 0.25) is 0 Å².